The lowest BCUT2D eigenvalue weighted by molar-refractivity contribution is -0.121. The van der Waals surface area contributed by atoms with Crippen molar-refractivity contribution in [1.82, 2.24) is 4.98 Å². The van der Waals surface area contributed by atoms with Gasteiger partial charge in [0.2, 0.25) is 0 Å². The Morgan fingerprint density at radius 3 is 2.11 bits per heavy atom. The molecule has 0 unspecified atom stereocenters. The van der Waals surface area contributed by atoms with E-state index in [4.69, 9.17) is 0 Å². The Morgan fingerprint density at radius 1 is 1.00 bits per heavy atom. The van der Waals surface area contributed by atoms with Crippen molar-refractivity contribution in [2.75, 3.05) is 0 Å². The molecule has 0 N–H and O–H groups in total. The van der Waals surface area contributed by atoms with Crippen LogP contribution in [0.4, 0.5) is 0 Å². The first-order valence-corrected chi connectivity index (χ1v) is 6.19. The summed E-state index contributed by atoms with van der Waals surface area (Å²) in [6.07, 6.45) is 4.09. The zero-order valence-electron chi connectivity index (χ0n) is 10.8. The van der Waals surface area contributed by atoms with Crippen LogP contribution in [0, 0.1) is 5.92 Å². The molecule has 1 heterocycles. The molecular formula is C16H17NO. The minimum absolute atomic E-state index is 0.102. The van der Waals surface area contributed by atoms with E-state index in [0.29, 0.717) is 6.42 Å². The van der Waals surface area contributed by atoms with Crippen LogP contribution in [-0.4, -0.2) is 10.8 Å². The Balaban J connectivity index is 2.13. The van der Waals surface area contributed by atoms with E-state index in [2.05, 4.69) is 17.1 Å². The maximum absolute atomic E-state index is 11.7. The molecule has 0 bridgehead atoms. The van der Waals surface area contributed by atoms with Gasteiger partial charge in [-0.15, -0.1) is 0 Å². The van der Waals surface area contributed by atoms with Crippen LogP contribution < -0.4 is 0 Å². The lowest BCUT2D eigenvalue weighted by Gasteiger charge is -2.06. The van der Waals surface area contributed by atoms with E-state index in [1.165, 1.54) is 0 Å². The topological polar surface area (TPSA) is 30.0 Å². The van der Waals surface area contributed by atoms with Crippen LogP contribution in [0.2, 0.25) is 0 Å². The monoisotopic (exact) mass is 239 g/mol. The molecule has 0 atom stereocenters. The molecule has 0 saturated carbocycles. The third-order valence-electron chi connectivity index (χ3n) is 2.99. The second kappa shape index (κ2) is 5.58. The van der Waals surface area contributed by atoms with Crippen LogP contribution >= 0.6 is 0 Å². The average Bonchev–Trinajstić information content (AvgIpc) is 2.40. The lowest BCUT2D eigenvalue weighted by atomic mass is 9.99. The lowest BCUT2D eigenvalue weighted by Crippen LogP contribution is -2.09. The van der Waals surface area contributed by atoms with Crippen LogP contribution in [0.25, 0.3) is 11.1 Å². The first-order chi connectivity index (χ1) is 8.66. The maximum Gasteiger partial charge on any atom is 0.139 e. The predicted molar refractivity (Wildman–Crippen MR) is 73.2 cm³/mol. The Bertz CT molecular complexity index is 515. The summed E-state index contributed by atoms with van der Waals surface area (Å²) >= 11 is 0. The normalized spacial score (nSPS) is 10.6. The molecule has 0 amide bonds. The zero-order valence-corrected chi connectivity index (χ0v) is 10.8. The van der Waals surface area contributed by atoms with Crippen molar-refractivity contribution in [3.8, 4) is 11.1 Å². The predicted octanol–water partition coefficient (Wildman–Crippen LogP) is 3.52. The number of aromatic nitrogens is 1. The summed E-state index contributed by atoms with van der Waals surface area (Å²) in [5.41, 5.74) is 3.37. The highest BCUT2D eigenvalue weighted by molar-refractivity contribution is 5.82. The fourth-order valence-electron chi connectivity index (χ4n) is 1.76. The molecule has 1 aromatic heterocycles. The smallest absolute Gasteiger partial charge is 0.139 e. The van der Waals surface area contributed by atoms with Gasteiger partial charge in [0.1, 0.15) is 5.78 Å². The number of Topliss-reactive ketones (excluding diaryl/α,β-unsaturated/α-hetero) is 1. The van der Waals surface area contributed by atoms with Gasteiger partial charge >= 0.3 is 0 Å². The Morgan fingerprint density at radius 2 is 1.56 bits per heavy atom. The van der Waals surface area contributed by atoms with Gasteiger partial charge in [-0.3, -0.25) is 9.78 Å². The Hall–Kier alpha value is -1.96. The van der Waals surface area contributed by atoms with Crippen LogP contribution in [0.3, 0.4) is 0 Å². The number of benzene rings is 1. The van der Waals surface area contributed by atoms with Gasteiger partial charge in [0.05, 0.1) is 0 Å². The summed E-state index contributed by atoms with van der Waals surface area (Å²) in [6.45, 7) is 3.88. The molecule has 0 aliphatic carbocycles. The third-order valence-corrected chi connectivity index (χ3v) is 2.99. The number of ketones is 1. The first kappa shape index (κ1) is 12.5. The Kier molecular flexibility index (Phi) is 3.88. The quantitative estimate of drug-likeness (QED) is 0.817. The number of rotatable bonds is 4. The molecule has 2 aromatic rings. The maximum atomic E-state index is 11.7. The van der Waals surface area contributed by atoms with E-state index < -0.39 is 0 Å². The van der Waals surface area contributed by atoms with Crippen molar-refractivity contribution >= 4 is 5.78 Å². The summed E-state index contributed by atoms with van der Waals surface area (Å²) in [6, 6.07) is 12.1. The van der Waals surface area contributed by atoms with E-state index in [9.17, 15) is 4.79 Å². The van der Waals surface area contributed by atoms with Crippen molar-refractivity contribution in [2.45, 2.75) is 20.3 Å². The first-order valence-electron chi connectivity index (χ1n) is 6.19. The second-order valence-electron chi connectivity index (χ2n) is 4.73. The number of carbonyl (C=O) groups excluding carboxylic acids is 1. The van der Waals surface area contributed by atoms with Gasteiger partial charge in [-0.05, 0) is 28.8 Å². The molecule has 92 valence electrons. The molecule has 0 radical (unpaired) electrons. The van der Waals surface area contributed by atoms with Gasteiger partial charge < -0.3 is 0 Å². The van der Waals surface area contributed by atoms with Gasteiger partial charge in [0.25, 0.3) is 0 Å². The molecule has 0 spiro atoms. The summed E-state index contributed by atoms with van der Waals surface area (Å²) < 4.78 is 0. The number of carbonyl (C=O) groups is 1. The van der Waals surface area contributed by atoms with Crippen molar-refractivity contribution in [1.29, 1.82) is 0 Å². The zero-order chi connectivity index (χ0) is 13.0. The van der Waals surface area contributed by atoms with Gasteiger partial charge in [0.15, 0.2) is 0 Å². The minimum atomic E-state index is 0.102. The van der Waals surface area contributed by atoms with E-state index in [1.54, 1.807) is 12.4 Å². The fourth-order valence-corrected chi connectivity index (χ4v) is 1.76. The highest BCUT2D eigenvalue weighted by Gasteiger charge is 2.08. The van der Waals surface area contributed by atoms with Crippen molar-refractivity contribution < 1.29 is 4.79 Å². The molecular weight excluding hydrogens is 222 g/mol. The van der Waals surface area contributed by atoms with Gasteiger partial charge in [-0.1, -0.05) is 38.1 Å². The summed E-state index contributed by atoms with van der Waals surface area (Å²) in [4.78, 5) is 15.7. The van der Waals surface area contributed by atoms with Gasteiger partial charge in [-0.25, -0.2) is 0 Å². The van der Waals surface area contributed by atoms with E-state index >= 15 is 0 Å². The average molecular weight is 239 g/mol. The molecule has 0 fully saturated rings. The number of pyridine rings is 1. The van der Waals surface area contributed by atoms with E-state index in [1.807, 2.05) is 38.1 Å². The van der Waals surface area contributed by atoms with Crippen LogP contribution in [0.5, 0.6) is 0 Å². The highest BCUT2D eigenvalue weighted by atomic mass is 16.1. The van der Waals surface area contributed by atoms with Crippen molar-refractivity contribution in [2.24, 2.45) is 5.92 Å². The standard InChI is InChI=1S/C16H17NO/c1-12(2)16(18)11-13-3-5-14(6-4-13)15-7-9-17-10-8-15/h3-10,12H,11H2,1-2H3. The van der Waals surface area contributed by atoms with Crippen molar-refractivity contribution in [3.63, 3.8) is 0 Å². The molecule has 0 aliphatic heterocycles. The van der Waals surface area contributed by atoms with Crippen LogP contribution in [0.1, 0.15) is 19.4 Å². The molecule has 18 heavy (non-hydrogen) atoms. The summed E-state index contributed by atoms with van der Waals surface area (Å²) in [5.74, 6) is 0.386. The van der Waals surface area contributed by atoms with E-state index in [0.717, 1.165) is 16.7 Å². The third kappa shape index (κ3) is 3.04. The van der Waals surface area contributed by atoms with Crippen molar-refractivity contribution in [3.05, 3.63) is 54.4 Å². The number of nitrogens with zero attached hydrogens (tertiary/aromatic N) is 1. The second-order valence-corrected chi connectivity index (χ2v) is 4.73. The van der Waals surface area contributed by atoms with Gasteiger partial charge in [0, 0.05) is 24.7 Å². The Labute approximate surface area is 108 Å². The summed E-state index contributed by atoms with van der Waals surface area (Å²) in [5, 5.41) is 0. The van der Waals surface area contributed by atoms with Crippen LogP contribution in [-0.2, 0) is 11.2 Å². The molecule has 1 aromatic carbocycles. The fraction of sp³-hybridized carbons (Fsp3) is 0.250. The SMILES string of the molecule is CC(C)C(=O)Cc1ccc(-c2ccncc2)cc1. The highest BCUT2D eigenvalue weighted by Crippen LogP contribution is 2.19. The summed E-state index contributed by atoms with van der Waals surface area (Å²) in [7, 11) is 0. The van der Waals surface area contributed by atoms with Crippen LogP contribution in [0.15, 0.2) is 48.8 Å². The molecule has 0 aliphatic rings. The number of hydrogen-bond donors (Lipinski definition) is 0. The van der Waals surface area contributed by atoms with Gasteiger partial charge in [-0.2, -0.15) is 0 Å². The molecule has 2 rings (SSSR count). The van der Waals surface area contributed by atoms with E-state index in [-0.39, 0.29) is 11.7 Å². The largest absolute Gasteiger partial charge is 0.299 e. The minimum Gasteiger partial charge on any atom is -0.299 e. The molecule has 2 heteroatoms. The molecule has 0 saturated heterocycles. The molecule has 2 nitrogen and oxygen atoms in total. The number of hydrogen-bond acceptors (Lipinski definition) is 2.